The molecule has 0 aliphatic heterocycles. The maximum Gasteiger partial charge on any atom is 0.472 e. The van der Waals surface area contributed by atoms with E-state index in [0.29, 0.717) is 25.7 Å². The fraction of sp³-hybridized carbons (Fsp3) is 0.951. The summed E-state index contributed by atoms with van der Waals surface area (Å²) < 4.78 is 68.7. The summed E-state index contributed by atoms with van der Waals surface area (Å²) in [5, 5.41) is 10.6. The van der Waals surface area contributed by atoms with E-state index in [9.17, 15) is 43.2 Å². The highest BCUT2D eigenvalue weighted by Gasteiger charge is 2.30. The topological polar surface area (TPSA) is 237 Å². The normalized spacial score (nSPS) is 13.9. The number of esters is 4. The van der Waals surface area contributed by atoms with Crippen molar-refractivity contribution in [3.8, 4) is 0 Å². The van der Waals surface area contributed by atoms with Crippen LogP contribution in [-0.4, -0.2) is 96.7 Å². The molecule has 0 amide bonds. The zero-order valence-corrected chi connectivity index (χ0v) is 67.3. The van der Waals surface area contributed by atoms with Crippen LogP contribution in [0.5, 0.6) is 0 Å². The molecule has 2 unspecified atom stereocenters. The molecule has 5 atom stereocenters. The second-order valence-corrected chi connectivity index (χ2v) is 33.0. The average molecular weight is 1470 g/mol. The van der Waals surface area contributed by atoms with Crippen LogP contribution in [0.1, 0.15) is 427 Å². The zero-order valence-electron chi connectivity index (χ0n) is 65.5. The highest BCUT2D eigenvalue weighted by atomic mass is 31.2. The molecule has 0 radical (unpaired) electrons. The average Bonchev–Trinajstić information content (AvgIpc) is 0.930. The van der Waals surface area contributed by atoms with Crippen LogP contribution in [0, 0.1) is 11.8 Å². The lowest BCUT2D eigenvalue weighted by atomic mass is 10.0. The summed E-state index contributed by atoms with van der Waals surface area (Å²) in [4.78, 5) is 73.0. The number of rotatable bonds is 80. The molecule has 0 heterocycles. The molecule has 0 saturated heterocycles. The van der Waals surface area contributed by atoms with Crippen molar-refractivity contribution in [2.24, 2.45) is 11.8 Å². The van der Waals surface area contributed by atoms with E-state index in [2.05, 4.69) is 41.5 Å². The summed E-state index contributed by atoms with van der Waals surface area (Å²) in [6, 6.07) is 0. The summed E-state index contributed by atoms with van der Waals surface area (Å²) in [6.45, 7) is 9.63. The predicted octanol–water partition coefficient (Wildman–Crippen LogP) is 24.3. The van der Waals surface area contributed by atoms with Crippen LogP contribution in [0.2, 0.25) is 0 Å². The predicted molar refractivity (Wildman–Crippen MR) is 409 cm³/mol. The standard InChI is InChI=1S/C81H158O17P2/c1-7-9-11-13-15-17-19-21-22-23-24-25-26-27-30-35-41-47-53-59-65-80(85)97-76(69-92-79(84)64-58-52-46-40-34-31-28-29-32-37-43-49-55-61-73(3)4)71-95-99(87,88)93-67-75(82)68-94-100(89,90)96-72-77(98-81(86)66-60-54-48-42-36-38-44-50-56-62-74(5)6)70-91-78(83)63-57-51-45-39-33-20-18-16-14-12-10-8-2/h73-77,82H,7-72H2,1-6H3,(H,87,88)(H,89,90)/t75-,76-,77-/m1/s1. The molecule has 17 nitrogen and oxygen atoms in total. The lowest BCUT2D eigenvalue weighted by Gasteiger charge is -2.21. The quantitative estimate of drug-likeness (QED) is 0.0222. The van der Waals surface area contributed by atoms with Gasteiger partial charge in [-0.2, -0.15) is 0 Å². The van der Waals surface area contributed by atoms with E-state index in [-0.39, 0.29) is 25.7 Å². The highest BCUT2D eigenvalue weighted by molar-refractivity contribution is 7.47. The van der Waals surface area contributed by atoms with E-state index < -0.39 is 97.5 Å². The van der Waals surface area contributed by atoms with Crippen LogP contribution < -0.4 is 0 Å². The Morgan fingerprint density at radius 1 is 0.270 bits per heavy atom. The number of carbonyl (C=O) groups excluding carboxylic acids is 4. The van der Waals surface area contributed by atoms with Gasteiger partial charge in [-0.1, -0.05) is 375 Å². The molecule has 594 valence electrons. The lowest BCUT2D eigenvalue weighted by Crippen LogP contribution is -2.30. The molecule has 0 spiro atoms. The van der Waals surface area contributed by atoms with Crippen LogP contribution in [0.15, 0.2) is 0 Å². The van der Waals surface area contributed by atoms with Crippen LogP contribution in [0.4, 0.5) is 0 Å². The van der Waals surface area contributed by atoms with Crippen molar-refractivity contribution < 1.29 is 80.2 Å². The van der Waals surface area contributed by atoms with Crippen LogP contribution in [-0.2, 0) is 65.4 Å². The third-order valence-electron chi connectivity index (χ3n) is 19.0. The number of phosphoric acid groups is 2. The van der Waals surface area contributed by atoms with Gasteiger partial charge in [0, 0.05) is 25.7 Å². The lowest BCUT2D eigenvalue weighted by molar-refractivity contribution is -0.161. The summed E-state index contributed by atoms with van der Waals surface area (Å²) in [5.74, 6) is -0.581. The van der Waals surface area contributed by atoms with Gasteiger partial charge in [0.1, 0.15) is 19.3 Å². The Kier molecular flexibility index (Phi) is 71.2. The van der Waals surface area contributed by atoms with E-state index in [0.717, 1.165) is 102 Å². The summed E-state index contributed by atoms with van der Waals surface area (Å²) in [7, 11) is -9.92. The van der Waals surface area contributed by atoms with Crippen molar-refractivity contribution in [2.45, 2.75) is 445 Å². The molecule has 0 bridgehead atoms. The Morgan fingerprint density at radius 2 is 0.460 bits per heavy atom. The van der Waals surface area contributed by atoms with E-state index in [1.54, 1.807) is 0 Å². The molecule has 0 saturated carbocycles. The van der Waals surface area contributed by atoms with E-state index >= 15 is 0 Å². The van der Waals surface area contributed by atoms with Gasteiger partial charge in [-0.3, -0.25) is 37.3 Å². The monoisotopic (exact) mass is 1470 g/mol. The van der Waals surface area contributed by atoms with Crippen molar-refractivity contribution in [3.63, 3.8) is 0 Å². The molecule has 19 heteroatoms. The van der Waals surface area contributed by atoms with Crippen molar-refractivity contribution in [2.75, 3.05) is 39.6 Å². The third kappa shape index (κ3) is 74.3. The zero-order chi connectivity index (χ0) is 73.5. The van der Waals surface area contributed by atoms with Gasteiger partial charge < -0.3 is 33.8 Å². The molecule has 0 aliphatic rings. The number of phosphoric ester groups is 2. The summed E-state index contributed by atoms with van der Waals surface area (Å²) in [6.07, 6.45) is 62.4. The van der Waals surface area contributed by atoms with Gasteiger partial charge in [0.25, 0.3) is 0 Å². The fourth-order valence-electron chi connectivity index (χ4n) is 12.5. The molecule has 0 rings (SSSR count). The van der Waals surface area contributed by atoms with Crippen molar-refractivity contribution in [1.82, 2.24) is 0 Å². The molecule has 0 aliphatic carbocycles. The minimum Gasteiger partial charge on any atom is -0.462 e. The molecule has 100 heavy (non-hydrogen) atoms. The third-order valence-corrected chi connectivity index (χ3v) is 20.9. The number of aliphatic hydroxyl groups excluding tert-OH is 1. The number of hydrogen-bond donors (Lipinski definition) is 3. The van der Waals surface area contributed by atoms with Gasteiger partial charge in [-0.15, -0.1) is 0 Å². The van der Waals surface area contributed by atoms with E-state index in [1.807, 2.05) is 0 Å². The number of unbranched alkanes of at least 4 members (excludes halogenated alkanes) is 50. The van der Waals surface area contributed by atoms with E-state index in [1.165, 1.54) is 244 Å². The first-order chi connectivity index (χ1) is 48.4. The van der Waals surface area contributed by atoms with Gasteiger partial charge in [0.15, 0.2) is 12.2 Å². The number of carbonyl (C=O) groups is 4. The maximum absolute atomic E-state index is 13.1. The first kappa shape index (κ1) is 98.1. The molecular formula is C81H158O17P2. The van der Waals surface area contributed by atoms with Crippen molar-refractivity contribution in [1.29, 1.82) is 0 Å². The highest BCUT2D eigenvalue weighted by Crippen LogP contribution is 2.45. The van der Waals surface area contributed by atoms with Gasteiger partial charge in [-0.25, -0.2) is 9.13 Å². The maximum atomic E-state index is 13.1. The van der Waals surface area contributed by atoms with Crippen molar-refractivity contribution >= 4 is 39.5 Å². The van der Waals surface area contributed by atoms with Gasteiger partial charge >= 0.3 is 39.5 Å². The Labute approximate surface area is 613 Å². The number of aliphatic hydroxyl groups is 1. The first-order valence-corrected chi connectivity index (χ1v) is 45.0. The molecule has 3 N–H and O–H groups in total. The molecule has 0 aromatic carbocycles. The summed E-state index contributed by atoms with van der Waals surface area (Å²) >= 11 is 0. The first-order valence-electron chi connectivity index (χ1n) is 42.0. The molecule has 0 fully saturated rings. The number of hydrogen-bond acceptors (Lipinski definition) is 15. The fourth-order valence-corrected chi connectivity index (χ4v) is 14.1. The molecular weight excluding hydrogens is 1310 g/mol. The Hall–Kier alpha value is -1.94. The van der Waals surface area contributed by atoms with E-state index in [4.69, 9.17) is 37.0 Å². The van der Waals surface area contributed by atoms with Gasteiger partial charge in [0.2, 0.25) is 0 Å². The molecule has 0 aromatic heterocycles. The minimum atomic E-state index is -4.96. The minimum absolute atomic E-state index is 0.106. The van der Waals surface area contributed by atoms with Gasteiger partial charge in [0.05, 0.1) is 26.4 Å². The SMILES string of the molecule is CCCCCCCCCCCCCCCCCCCCCCC(=O)O[C@H](COC(=O)CCCCCCCCCCCCCCCC(C)C)COP(=O)(O)OC[C@@H](O)COP(=O)(O)OC[C@@H](COC(=O)CCCCCCCCCCCCCC)OC(=O)CCCCCCCCCCCC(C)C. The van der Waals surface area contributed by atoms with Crippen LogP contribution in [0.3, 0.4) is 0 Å². The second kappa shape index (κ2) is 72.6. The Balaban J connectivity index is 5.24. The largest absolute Gasteiger partial charge is 0.472 e. The molecule has 0 aromatic rings. The number of ether oxygens (including phenoxy) is 4. The van der Waals surface area contributed by atoms with Crippen LogP contribution in [0.25, 0.3) is 0 Å². The Morgan fingerprint density at radius 3 is 0.680 bits per heavy atom. The van der Waals surface area contributed by atoms with Crippen LogP contribution >= 0.6 is 15.6 Å². The van der Waals surface area contributed by atoms with Gasteiger partial charge in [-0.05, 0) is 37.5 Å². The summed E-state index contributed by atoms with van der Waals surface area (Å²) in [5.41, 5.74) is 0. The Bertz CT molecular complexity index is 1920. The van der Waals surface area contributed by atoms with Crippen molar-refractivity contribution in [3.05, 3.63) is 0 Å². The second-order valence-electron chi connectivity index (χ2n) is 30.1. The smallest absolute Gasteiger partial charge is 0.462 e.